The van der Waals surface area contributed by atoms with E-state index in [1.54, 1.807) is 37.3 Å². The van der Waals surface area contributed by atoms with Crippen molar-refractivity contribution in [3.05, 3.63) is 93.7 Å². The Morgan fingerprint density at radius 3 is 2.23 bits per heavy atom. The molecule has 0 aliphatic rings. The molecule has 0 unspecified atom stereocenters. The number of carbonyl (C=O) groups is 2. The van der Waals surface area contributed by atoms with Crippen molar-refractivity contribution in [3.8, 4) is 0 Å². The maximum absolute atomic E-state index is 13.9. The van der Waals surface area contributed by atoms with Crippen molar-refractivity contribution in [1.29, 1.82) is 0 Å². The molecule has 0 bridgehead atoms. The van der Waals surface area contributed by atoms with Gasteiger partial charge in [0.15, 0.2) is 0 Å². The topological polar surface area (TPSA) is 86.8 Å². The fraction of sp³-hybridized carbons (Fsp3) is 0.286. The molecule has 0 aliphatic carbocycles. The highest BCUT2D eigenvalue weighted by Crippen LogP contribution is 2.28. The SMILES string of the molecule is CC(C)CNC(=O)[C@H](C)N(Cc1ccc(Br)cc1)C(=O)CN(c1ccc(F)c(Cl)c1)S(=O)(=O)c1ccccc1. The maximum Gasteiger partial charge on any atom is 0.264 e. The maximum atomic E-state index is 13.9. The number of sulfonamides is 1. The summed E-state index contributed by atoms with van der Waals surface area (Å²) in [5.41, 5.74) is 0.761. The molecule has 1 atom stereocenters. The van der Waals surface area contributed by atoms with Gasteiger partial charge in [-0.15, -0.1) is 0 Å². The van der Waals surface area contributed by atoms with Crippen LogP contribution in [0.4, 0.5) is 10.1 Å². The van der Waals surface area contributed by atoms with E-state index < -0.39 is 34.3 Å². The molecule has 0 spiro atoms. The van der Waals surface area contributed by atoms with Crippen molar-refractivity contribution in [2.24, 2.45) is 5.92 Å². The standard InChI is InChI=1S/C28H30BrClFN3O4S/c1-19(2)16-32-28(36)20(3)33(17-21-9-11-22(29)12-10-21)27(35)18-34(23-13-14-26(31)25(30)15-23)39(37,38)24-7-5-4-6-8-24/h4-15,19-20H,16-18H2,1-3H3,(H,32,36)/t20-/m0/s1. The zero-order chi connectivity index (χ0) is 28.7. The van der Waals surface area contributed by atoms with E-state index in [2.05, 4.69) is 21.2 Å². The molecule has 3 rings (SSSR count). The van der Waals surface area contributed by atoms with Crippen molar-refractivity contribution in [1.82, 2.24) is 10.2 Å². The molecule has 0 aliphatic heterocycles. The molecule has 7 nitrogen and oxygen atoms in total. The Kier molecular flexibility index (Phi) is 10.5. The first-order chi connectivity index (χ1) is 18.4. The average Bonchev–Trinajstić information content (AvgIpc) is 2.91. The minimum absolute atomic E-state index is 0.0131. The van der Waals surface area contributed by atoms with Crippen molar-refractivity contribution in [3.63, 3.8) is 0 Å². The number of nitrogens with one attached hydrogen (secondary N) is 1. The number of hydrogen-bond donors (Lipinski definition) is 1. The lowest BCUT2D eigenvalue weighted by Gasteiger charge is -2.32. The summed E-state index contributed by atoms with van der Waals surface area (Å²) in [6.07, 6.45) is 0. The van der Waals surface area contributed by atoms with Crippen LogP contribution in [0.5, 0.6) is 0 Å². The number of amides is 2. The van der Waals surface area contributed by atoms with Gasteiger partial charge in [0.25, 0.3) is 10.0 Å². The Bertz CT molecular complexity index is 1410. The number of hydrogen-bond acceptors (Lipinski definition) is 4. The number of anilines is 1. The summed E-state index contributed by atoms with van der Waals surface area (Å²) in [6, 6.07) is 17.4. The lowest BCUT2D eigenvalue weighted by atomic mass is 10.1. The minimum Gasteiger partial charge on any atom is -0.354 e. The summed E-state index contributed by atoms with van der Waals surface area (Å²) in [5, 5.41) is 2.55. The van der Waals surface area contributed by atoms with Crippen molar-refractivity contribution < 1.29 is 22.4 Å². The van der Waals surface area contributed by atoms with E-state index in [4.69, 9.17) is 11.6 Å². The van der Waals surface area contributed by atoms with Crippen LogP contribution in [0.15, 0.2) is 82.2 Å². The highest BCUT2D eigenvalue weighted by molar-refractivity contribution is 9.10. The fourth-order valence-corrected chi connectivity index (χ4v) is 5.58. The molecule has 1 N–H and O–H groups in total. The van der Waals surface area contributed by atoms with Crippen LogP contribution in [-0.4, -0.2) is 44.3 Å². The monoisotopic (exact) mass is 637 g/mol. The van der Waals surface area contributed by atoms with Crippen LogP contribution in [0.1, 0.15) is 26.3 Å². The van der Waals surface area contributed by atoms with Gasteiger partial charge >= 0.3 is 0 Å². The molecule has 0 fully saturated rings. The van der Waals surface area contributed by atoms with E-state index in [1.165, 1.54) is 23.1 Å². The van der Waals surface area contributed by atoms with Gasteiger partial charge in [-0.1, -0.05) is 71.7 Å². The lowest BCUT2D eigenvalue weighted by molar-refractivity contribution is -0.139. The van der Waals surface area contributed by atoms with Crippen LogP contribution in [0.3, 0.4) is 0 Å². The van der Waals surface area contributed by atoms with Gasteiger partial charge in [0, 0.05) is 17.6 Å². The molecule has 0 aromatic heterocycles. The third kappa shape index (κ3) is 8.03. The summed E-state index contributed by atoms with van der Waals surface area (Å²) in [7, 11) is -4.26. The second kappa shape index (κ2) is 13.4. The third-order valence-electron chi connectivity index (χ3n) is 5.92. The molecule has 3 aromatic carbocycles. The van der Waals surface area contributed by atoms with Gasteiger partial charge in [-0.25, -0.2) is 12.8 Å². The smallest absolute Gasteiger partial charge is 0.264 e. The largest absolute Gasteiger partial charge is 0.354 e. The molecule has 11 heteroatoms. The summed E-state index contributed by atoms with van der Waals surface area (Å²) in [6.45, 7) is 5.35. The van der Waals surface area contributed by atoms with Crippen LogP contribution < -0.4 is 9.62 Å². The normalized spacial score (nSPS) is 12.2. The van der Waals surface area contributed by atoms with Crippen LogP contribution in [0.2, 0.25) is 5.02 Å². The first kappa shape index (κ1) is 30.6. The molecular weight excluding hydrogens is 609 g/mol. The van der Waals surface area contributed by atoms with E-state index in [-0.39, 0.29) is 34.0 Å². The molecule has 0 saturated heterocycles. The van der Waals surface area contributed by atoms with E-state index in [1.807, 2.05) is 26.0 Å². The quantitative estimate of drug-likeness (QED) is 0.295. The second-order valence-electron chi connectivity index (χ2n) is 9.39. The molecule has 0 radical (unpaired) electrons. The van der Waals surface area contributed by atoms with Crippen molar-refractivity contribution >= 4 is 55.1 Å². The van der Waals surface area contributed by atoms with Gasteiger partial charge in [-0.05, 0) is 60.9 Å². The van der Waals surface area contributed by atoms with Gasteiger partial charge in [0.2, 0.25) is 11.8 Å². The number of halogens is 3. The van der Waals surface area contributed by atoms with Gasteiger partial charge < -0.3 is 10.2 Å². The van der Waals surface area contributed by atoms with Crippen LogP contribution in [0, 0.1) is 11.7 Å². The van der Waals surface area contributed by atoms with Crippen molar-refractivity contribution in [2.75, 3.05) is 17.4 Å². The summed E-state index contributed by atoms with van der Waals surface area (Å²) >= 11 is 9.36. The Morgan fingerprint density at radius 1 is 1.00 bits per heavy atom. The van der Waals surface area contributed by atoms with Gasteiger partial charge in [-0.2, -0.15) is 0 Å². The minimum atomic E-state index is -4.26. The summed E-state index contributed by atoms with van der Waals surface area (Å²) in [5.74, 6) is -1.51. The first-order valence-electron chi connectivity index (χ1n) is 12.2. The molecule has 2 amide bonds. The Hall–Kier alpha value is -2.95. The van der Waals surface area contributed by atoms with Crippen LogP contribution in [0.25, 0.3) is 0 Å². The fourth-order valence-electron chi connectivity index (χ4n) is 3.71. The number of carbonyl (C=O) groups excluding carboxylic acids is 2. The number of rotatable bonds is 11. The van der Waals surface area contributed by atoms with Gasteiger partial charge in [-0.3, -0.25) is 13.9 Å². The van der Waals surface area contributed by atoms with E-state index in [0.717, 1.165) is 26.5 Å². The van der Waals surface area contributed by atoms with Crippen LogP contribution in [-0.2, 0) is 26.2 Å². The lowest BCUT2D eigenvalue weighted by Crippen LogP contribution is -2.51. The molecular formula is C28H30BrClFN3O4S. The molecule has 3 aromatic rings. The molecule has 208 valence electrons. The predicted octanol–water partition coefficient (Wildman–Crippen LogP) is 5.63. The summed E-state index contributed by atoms with van der Waals surface area (Å²) < 4.78 is 43.1. The Morgan fingerprint density at radius 2 is 1.64 bits per heavy atom. The van der Waals surface area contributed by atoms with E-state index in [9.17, 15) is 22.4 Å². The second-order valence-corrected chi connectivity index (χ2v) is 12.6. The summed E-state index contributed by atoms with van der Waals surface area (Å²) in [4.78, 5) is 28.1. The van der Waals surface area contributed by atoms with E-state index in [0.29, 0.717) is 6.54 Å². The highest BCUT2D eigenvalue weighted by Gasteiger charge is 2.32. The molecule has 39 heavy (non-hydrogen) atoms. The predicted molar refractivity (Wildman–Crippen MR) is 154 cm³/mol. The zero-order valence-electron chi connectivity index (χ0n) is 21.8. The zero-order valence-corrected chi connectivity index (χ0v) is 24.9. The Labute approximate surface area is 242 Å². The number of nitrogens with zero attached hydrogens (tertiary/aromatic N) is 2. The molecule has 0 heterocycles. The highest BCUT2D eigenvalue weighted by atomic mass is 79.9. The number of benzene rings is 3. The first-order valence-corrected chi connectivity index (χ1v) is 14.9. The van der Waals surface area contributed by atoms with Crippen LogP contribution >= 0.6 is 27.5 Å². The Balaban J connectivity index is 2.02. The van der Waals surface area contributed by atoms with Gasteiger partial charge in [0.05, 0.1) is 15.6 Å². The van der Waals surface area contributed by atoms with Gasteiger partial charge in [0.1, 0.15) is 18.4 Å². The van der Waals surface area contributed by atoms with Crippen molar-refractivity contribution in [2.45, 2.75) is 38.3 Å². The van der Waals surface area contributed by atoms with E-state index >= 15 is 0 Å². The average molecular weight is 639 g/mol. The third-order valence-corrected chi connectivity index (χ3v) is 8.53. The molecule has 0 saturated carbocycles.